The molecule has 5 heteroatoms. The fraction of sp³-hybridized carbons (Fsp3) is 0.933. The van der Waals surface area contributed by atoms with Crippen molar-refractivity contribution in [1.29, 1.82) is 0 Å². The van der Waals surface area contributed by atoms with E-state index in [2.05, 4.69) is 5.32 Å². The minimum absolute atomic E-state index is 0.146. The standard InChI is InChI=1S/C15H30N2O3/c1-15(2,3)20-14(19)17-12(13(18)10-16)9-11-7-5-4-6-8-11/h11-13,18H,4-10,16H2,1-3H3,(H,17,19)/t12-,13?/m0/s1. The lowest BCUT2D eigenvalue weighted by atomic mass is 9.83. The van der Waals surface area contributed by atoms with Crippen LogP contribution in [0.5, 0.6) is 0 Å². The van der Waals surface area contributed by atoms with Crippen LogP contribution in [0.3, 0.4) is 0 Å². The van der Waals surface area contributed by atoms with Gasteiger partial charge in [-0.15, -0.1) is 0 Å². The number of rotatable bonds is 5. The van der Waals surface area contributed by atoms with Gasteiger partial charge in [0.25, 0.3) is 0 Å². The van der Waals surface area contributed by atoms with E-state index in [1.54, 1.807) is 0 Å². The normalized spacial score (nSPS) is 20.2. The molecule has 0 aromatic rings. The van der Waals surface area contributed by atoms with Gasteiger partial charge in [0.2, 0.25) is 0 Å². The van der Waals surface area contributed by atoms with E-state index in [9.17, 15) is 9.90 Å². The SMILES string of the molecule is CC(C)(C)OC(=O)N[C@@H](CC1CCCCC1)C(O)CN. The van der Waals surface area contributed by atoms with Crippen LogP contribution in [0.2, 0.25) is 0 Å². The van der Waals surface area contributed by atoms with Crippen molar-refractivity contribution in [3.05, 3.63) is 0 Å². The third-order valence-corrected chi connectivity index (χ3v) is 3.72. The van der Waals surface area contributed by atoms with Gasteiger partial charge in [0.15, 0.2) is 0 Å². The smallest absolute Gasteiger partial charge is 0.407 e. The van der Waals surface area contributed by atoms with E-state index >= 15 is 0 Å². The van der Waals surface area contributed by atoms with E-state index < -0.39 is 17.8 Å². The second kappa shape index (κ2) is 7.84. The van der Waals surface area contributed by atoms with Crippen LogP contribution < -0.4 is 11.1 Å². The molecule has 1 unspecified atom stereocenters. The summed E-state index contributed by atoms with van der Waals surface area (Å²) in [6.07, 6.45) is 5.69. The Hall–Kier alpha value is -0.810. The predicted octanol–water partition coefficient (Wildman–Crippen LogP) is 2.17. The topological polar surface area (TPSA) is 84.6 Å². The molecule has 0 aromatic heterocycles. The number of carbonyl (C=O) groups excluding carboxylic acids is 1. The Labute approximate surface area is 122 Å². The maximum atomic E-state index is 11.8. The Morgan fingerprint density at radius 3 is 2.45 bits per heavy atom. The molecule has 0 heterocycles. The zero-order valence-electron chi connectivity index (χ0n) is 13.0. The molecular formula is C15H30N2O3. The Morgan fingerprint density at radius 2 is 1.95 bits per heavy atom. The van der Waals surface area contributed by atoms with E-state index in [1.807, 2.05) is 20.8 Å². The highest BCUT2D eigenvalue weighted by Gasteiger charge is 2.27. The lowest BCUT2D eigenvalue weighted by molar-refractivity contribution is 0.0402. The van der Waals surface area contributed by atoms with Crippen LogP contribution in [0, 0.1) is 5.92 Å². The average Bonchev–Trinajstić information content (AvgIpc) is 2.36. The van der Waals surface area contributed by atoms with Crippen molar-refractivity contribution in [2.45, 2.75) is 77.0 Å². The zero-order chi connectivity index (χ0) is 15.2. The van der Waals surface area contributed by atoms with Crippen LogP contribution >= 0.6 is 0 Å². The summed E-state index contributed by atoms with van der Waals surface area (Å²) in [6.45, 7) is 5.61. The number of aliphatic hydroxyl groups is 1. The summed E-state index contributed by atoms with van der Waals surface area (Å²) in [5.41, 5.74) is 5.00. The van der Waals surface area contributed by atoms with Gasteiger partial charge >= 0.3 is 6.09 Å². The van der Waals surface area contributed by atoms with Gasteiger partial charge in [-0.2, -0.15) is 0 Å². The molecular weight excluding hydrogens is 256 g/mol. The van der Waals surface area contributed by atoms with Gasteiger partial charge in [-0.05, 0) is 33.1 Å². The van der Waals surface area contributed by atoms with Gasteiger partial charge in [-0.3, -0.25) is 0 Å². The monoisotopic (exact) mass is 286 g/mol. The van der Waals surface area contributed by atoms with Crippen molar-refractivity contribution in [1.82, 2.24) is 5.32 Å². The lowest BCUT2D eigenvalue weighted by Crippen LogP contribution is -2.49. The number of nitrogens with two attached hydrogens (primary N) is 1. The second-order valence-corrected chi connectivity index (χ2v) is 6.80. The van der Waals surface area contributed by atoms with E-state index in [-0.39, 0.29) is 12.6 Å². The molecule has 5 nitrogen and oxygen atoms in total. The fourth-order valence-electron chi connectivity index (χ4n) is 2.72. The summed E-state index contributed by atoms with van der Waals surface area (Å²) in [6, 6.07) is -0.321. The number of hydrogen-bond acceptors (Lipinski definition) is 4. The van der Waals surface area contributed by atoms with Crippen LogP contribution in [0.25, 0.3) is 0 Å². The van der Waals surface area contributed by atoms with Crippen molar-refractivity contribution in [3.8, 4) is 0 Å². The van der Waals surface area contributed by atoms with E-state index in [0.29, 0.717) is 5.92 Å². The fourth-order valence-corrected chi connectivity index (χ4v) is 2.72. The van der Waals surface area contributed by atoms with Gasteiger partial charge < -0.3 is 20.9 Å². The van der Waals surface area contributed by atoms with Gasteiger partial charge in [0, 0.05) is 6.54 Å². The molecule has 0 aliphatic heterocycles. The lowest BCUT2D eigenvalue weighted by Gasteiger charge is -2.30. The maximum Gasteiger partial charge on any atom is 0.407 e. The molecule has 0 bridgehead atoms. The molecule has 0 spiro atoms. The van der Waals surface area contributed by atoms with Crippen molar-refractivity contribution >= 4 is 6.09 Å². The third kappa shape index (κ3) is 6.57. The molecule has 0 aromatic carbocycles. The highest BCUT2D eigenvalue weighted by Crippen LogP contribution is 2.28. The van der Waals surface area contributed by atoms with Crippen molar-refractivity contribution < 1.29 is 14.6 Å². The molecule has 0 radical (unpaired) electrons. The molecule has 1 aliphatic rings. The molecule has 118 valence electrons. The first kappa shape index (κ1) is 17.2. The Kier molecular flexibility index (Phi) is 6.76. The molecule has 0 saturated heterocycles. The first-order valence-corrected chi connectivity index (χ1v) is 7.69. The van der Waals surface area contributed by atoms with E-state index in [0.717, 1.165) is 6.42 Å². The molecule has 1 aliphatic carbocycles. The number of ether oxygens (including phenoxy) is 1. The van der Waals surface area contributed by atoms with Crippen molar-refractivity contribution in [2.75, 3.05) is 6.54 Å². The van der Waals surface area contributed by atoms with Gasteiger partial charge in [-0.25, -0.2) is 4.79 Å². The Morgan fingerprint density at radius 1 is 1.35 bits per heavy atom. The van der Waals surface area contributed by atoms with Crippen LogP contribution in [0.4, 0.5) is 4.79 Å². The zero-order valence-corrected chi connectivity index (χ0v) is 13.0. The van der Waals surface area contributed by atoms with Crippen LogP contribution in [0.1, 0.15) is 59.3 Å². The van der Waals surface area contributed by atoms with Crippen LogP contribution in [0.15, 0.2) is 0 Å². The quantitative estimate of drug-likeness (QED) is 0.723. The van der Waals surface area contributed by atoms with Crippen LogP contribution in [-0.4, -0.2) is 35.5 Å². The Balaban J connectivity index is 2.52. The molecule has 2 atom stereocenters. The summed E-state index contributed by atoms with van der Waals surface area (Å²) in [7, 11) is 0. The first-order chi connectivity index (χ1) is 9.31. The number of nitrogens with one attached hydrogen (secondary N) is 1. The molecule has 20 heavy (non-hydrogen) atoms. The largest absolute Gasteiger partial charge is 0.444 e. The van der Waals surface area contributed by atoms with Crippen LogP contribution in [-0.2, 0) is 4.74 Å². The number of aliphatic hydroxyl groups excluding tert-OH is 1. The van der Waals surface area contributed by atoms with E-state index in [1.165, 1.54) is 32.1 Å². The first-order valence-electron chi connectivity index (χ1n) is 7.69. The average molecular weight is 286 g/mol. The summed E-state index contributed by atoms with van der Waals surface area (Å²) in [5, 5.41) is 12.8. The van der Waals surface area contributed by atoms with Crippen molar-refractivity contribution in [2.24, 2.45) is 11.7 Å². The van der Waals surface area contributed by atoms with Crippen molar-refractivity contribution in [3.63, 3.8) is 0 Å². The van der Waals surface area contributed by atoms with Gasteiger partial charge in [0.05, 0.1) is 12.1 Å². The predicted molar refractivity (Wildman–Crippen MR) is 79.4 cm³/mol. The molecule has 1 rings (SSSR count). The van der Waals surface area contributed by atoms with E-state index in [4.69, 9.17) is 10.5 Å². The number of alkyl carbamates (subject to hydrolysis) is 1. The highest BCUT2D eigenvalue weighted by atomic mass is 16.6. The molecule has 1 fully saturated rings. The third-order valence-electron chi connectivity index (χ3n) is 3.72. The summed E-state index contributed by atoms with van der Waals surface area (Å²) in [5.74, 6) is 0.560. The molecule has 4 N–H and O–H groups in total. The maximum absolute atomic E-state index is 11.8. The summed E-state index contributed by atoms with van der Waals surface area (Å²) in [4.78, 5) is 11.8. The minimum Gasteiger partial charge on any atom is -0.444 e. The summed E-state index contributed by atoms with van der Waals surface area (Å²) >= 11 is 0. The highest BCUT2D eigenvalue weighted by molar-refractivity contribution is 5.68. The Bertz CT molecular complexity index is 296. The molecule has 1 saturated carbocycles. The number of carbonyl (C=O) groups is 1. The van der Waals surface area contributed by atoms with Gasteiger partial charge in [-0.1, -0.05) is 32.1 Å². The minimum atomic E-state index is -0.718. The van der Waals surface area contributed by atoms with Gasteiger partial charge in [0.1, 0.15) is 5.60 Å². The summed E-state index contributed by atoms with van der Waals surface area (Å²) < 4.78 is 5.25. The number of amides is 1. The molecule has 1 amide bonds. The number of hydrogen-bond donors (Lipinski definition) is 3. The second-order valence-electron chi connectivity index (χ2n) is 6.80.